The van der Waals surface area contributed by atoms with Crippen molar-refractivity contribution in [3.63, 3.8) is 0 Å². The lowest BCUT2D eigenvalue weighted by molar-refractivity contribution is -0.147. The lowest BCUT2D eigenvalue weighted by atomic mass is 9.90. The van der Waals surface area contributed by atoms with Crippen molar-refractivity contribution in [2.45, 2.75) is 63.8 Å². The second kappa shape index (κ2) is 7.83. The third-order valence-electron chi connectivity index (χ3n) is 6.27. The molecule has 5 nitrogen and oxygen atoms in total. The summed E-state index contributed by atoms with van der Waals surface area (Å²) in [6, 6.07) is 6.10. The van der Waals surface area contributed by atoms with E-state index in [9.17, 15) is 14.4 Å². The molecule has 27 heavy (non-hydrogen) atoms. The highest BCUT2D eigenvalue weighted by molar-refractivity contribution is 5.98. The fraction of sp³-hybridized carbons (Fsp3) is 0.591. The molecule has 1 amide bonds. The highest BCUT2D eigenvalue weighted by Crippen LogP contribution is 2.30. The van der Waals surface area contributed by atoms with E-state index < -0.39 is 11.9 Å². The first-order valence-corrected chi connectivity index (χ1v) is 10.2. The summed E-state index contributed by atoms with van der Waals surface area (Å²) in [4.78, 5) is 38.9. The number of hydrogen-bond donors (Lipinski definition) is 0. The zero-order valence-electron chi connectivity index (χ0n) is 15.7. The van der Waals surface area contributed by atoms with E-state index in [1.165, 1.54) is 17.5 Å². The maximum Gasteiger partial charge on any atom is 0.311 e. The number of benzene rings is 1. The Labute approximate surface area is 160 Å². The Bertz CT molecular complexity index is 751. The van der Waals surface area contributed by atoms with Crippen molar-refractivity contribution in [1.29, 1.82) is 0 Å². The number of Topliss-reactive ketones (excluding diaryl/α,β-unsaturated/α-hetero) is 1. The predicted molar refractivity (Wildman–Crippen MR) is 100 cm³/mol. The number of fused-ring (bicyclic) bond motifs is 1. The Balaban J connectivity index is 1.31. The SMILES string of the molecule is O=C(COC(=O)[C@@H]1CC(=O)N(C2CCCC2)C1)c1ccc2c(c1)CCCC2. The number of ketones is 1. The number of esters is 1. The second-order valence-corrected chi connectivity index (χ2v) is 8.11. The van der Waals surface area contributed by atoms with Crippen molar-refractivity contribution in [3.05, 3.63) is 34.9 Å². The number of rotatable bonds is 5. The maximum atomic E-state index is 12.4. The van der Waals surface area contributed by atoms with Gasteiger partial charge in [0.25, 0.3) is 0 Å². The summed E-state index contributed by atoms with van der Waals surface area (Å²) in [7, 11) is 0. The van der Waals surface area contributed by atoms with Gasteiger partial charge in [-0.2, -0.15) is 0 Å². The van der Waals surface area contributed by atoms with Gasteiger partial charge in [0.2, 0.25) is 5.91 Å². The van der Waals surface area contributed by atoms with Gasteiger partial charge in [-0.25, -0.2) is 0 Å². The van der Waals surface area contributed by atoms with Crippen LogP contribution in [-0.4, -0.2) is 41.8 Å². The lowest BCUT2D eigenvalue weighted by Gasteiger charge is -2.23. The molecule has 0 aromatic heterocycles. The van der Waals surface area contributed by atoms with E-state index in [1.54, 1.807) is 0 Å². The summed E-state index contributed by atoms with van der Waals surface area (Å²) in [6.07, 6.45) is 9.03. The number of carbonyl (C=O) groups excluding carboxylic acids is 3. The quantitative estimate of drug-likeness (QED) is 0.591. The Morgan fingerprint density at radius 2 is 1.78 bits per heavy atom. The van der Waals surface area contributed by atoms with Gasteiger partial charge < -0.3 is 9.64 Å². The van der Waals surface area contributed by atoms with Gasteiger partial charge in [-0.1, -0.05) is 25.0 Å². The summed E-state index contributed by atoms with van der Waals surface area (Å²) >= 11 is 0. The first kappa shape index (κ1) is 18.2. The highest BCUT2D eigenvalue weighted by atomic mass is 16.5. The van der Waals surface area contributed by atoms with E-state index in [0.717, 1.165) is 44.9 Å². The molecular weight excluding hydrogens is 342 g/mol. The minimum atomic E-state index is -0.436. The smallest absolute Gasteiger partial charge is 0.311 e. The molecule has 0 radical (unpaired) electrons. The van der Waals surface area contributed by atoms with E-state index >= 15 is 0 Å². The van der Waals surface area contributed by atoms with E-state index in [-0.39, 0.29) is 30.8 Å². The van der Waals surface area contributed by atoms with E-state index in [1.807, 2.05) is 23.1 Å². The number of hydrogen-bond acceptors (Lipinski definition) is 4. The first-order valence-electron chi connectivity index (χ1n) is 10.2. The third-order valence-corrected chi connectivity index (χ3v) is 6.27. The molecule has 1 heterocycles. The van der Waals surface area contributed by atoms with Crippen molar-refractivity contribution in [3.8, 4) is 0 Å². The number of carbonyl (C=O) groups is 3. The van der Waals surface area contributed by atoms with Crippen LogP contribution in [0.2, 0.25) is 0 Å². The first-order chi connectivity index (χ1) is 13.1. The zero-order valence-corrected chi connectivity index (χ0v) is 15.7. The van der Waals surface area contributed by atoms with Crippen molar-refractivity contribution in [2.75, 3.05) is 13.2 Å². The normalized spacial score (nSPS) is 22.7. The van der Waals surface area contributed by atoms with Crippen molar-refractivity contribution < 1.29 is 19.1 Å². The number of amides is 1. The van der Waals surface area contributed by atoms with Crippen molar-refractivity contribution >= 4 is 17.7 Å². The Kier molecular flexibility index (Phi) is 5.28. The molecule has 1 aliphatic heterocycles. The van der Waals surface area contributed by atoms with Crippen molar-refractivity contribution in [2.24, 2.45) is 5.92 Å². The second-order valence-electron chi connectivity index (χ2n) is 8.11. The predicted octanol–water partition coefficient (Wildman–Crippen LogP) is 3.08. The van der Waals surface area contributed by atoms with Gasteiger partial charge in [0.1, 0.15) is 0 Å². The van der Waals surface area contributed by atoms with Crippen LogP contribution in [0.5, 0.6) is 0 Å². The number of aryl methyl sites for hydroxylation is 2. The van der Waals surface area contributed by atoms with Crippen LogP contribution in [0.25, 0.3) is 0 Å². The third kappa shape index (κ3) is 3.92. The summed E-state index contributed by atoms with van der Waals surface area (Å²) in [6.45, 7) is 0.196. The molecule has 144 valence electrons. The van der Waals surface area contributed by atoms with Gasteiger partial charge >= 0.3 is 5.97 Å². The van der Waals surface area contributed by atoms with Gasteiger partial charge in [-0.3, -0.25) is 14.4 Å². The largest absolute Gasteiger partial charge is 0.457 e. The highest BCUT2D eigenvalue weighted by Gasteiger charge is 2.39. The van der Waals surface area contributed by atoms with Gasteiger partial charge in [-0.05, 0) is 55.7 Å². The van der Waals surface area contributed by atoms with Crippen LogP contribution in [0.3, 0.4) is 0 Å². The zero-order chi connectivity index (χ0) is 18.8. The van der Waals surface area contributed by atoms with Crippen molar-refractivity contribution in [1.82, 2.24) is 4.90 Å². The average Bonchev–Trinajstić information content (AvgIpc) is 3.35. The number of ether oxygens (including phenoxy) is 1. The Morgan fingerprint density at radius 1 is 1.04 bits per heavy atom. The topological polar surface area (TPSA) is 63.7 Å². The molecule has 1 aromatic carbocycles. The minimum absolute atomic E-state index is 0.0462. The van der Waals surface area contributed by atoms with Gasteiger partial charge in [0.05, 0.1) is 5.92 Å². The molecule has 1 saturated heterocycles. The van der Waals surface area contributed by atoms with Gasteiger partial charge in [0, 0.05) is 24.6 Å². The summed E-state index contributed by atoms with van der Waals surface area (Å²) in [5, 5.41) is 0. The molecule has 1 atom stereocenters. The molecule has 0 N–H and O–H groups in total. The summed E-state index contributed by atoms with van der Waals surface area (Å²) < 4.78 is 5.28. The maximum absolute atomic E-state index is 12.4. The van der Waals surface area contributed by atoms with Gasteiger partial charge in [-0.15, -0.1) is 0 Å². The molecule has 2 fully saturated rings. The van der Waals surface area contributed by atoms with Crippen LogP contribution in [0.1, 0.15) is 66.4 Å². The Morgan fingerprint density at radius 3 is 2.56 bits per heavy atom. The molecule has 0 unspecified atom stereocenters. The molecule has 3 aliphatic rings. The molecule has 0 bridgehead atoms. The van der Waals surface area contributed by atoms with Crippen LogP contribution < -0.4 is 0 Å². The van der Waals surface area contributed by atoms with E-state index in [2.05, 4.69) is 0 Å². The lowest BCUT2D eigenvalue weighted by Crippen LogP contribution is -2.35. The van der Waals surface area contributed by atoms with E-state index in [4.69, 9.17) is 4.74 Å². The molecule has 1 saturated carbocycles. The fourth-order valence-electron chi connectivity index (χ4n) is 4.70. The number of nitrogens with zero attached hydrogens (tertiary/aromatic N) is 1. The monoisotopic (exact) mass is 369 g/mol. The summed E-state index contributed by atoms with van der Waals surface area (Å²) in [5.74, 6) is -0.983. The van der Waals surface area contributed by atoms with Crippen LogP contribution in [-0.2, 0) is 27.2 Å². The molecule has 4 rings (SSSR count). The van der Waals surface area contributed by atoms with Crippen LogP contribution in [0, 0.1) is 5.92 Å². The molecule has 2 aliphatic carbocycles. The van der Waals surface area contributed by atoms with Crippen LogP contribution in [0.15, 0.2) is 18.2 Å². The van der Waals surface area contributed by atoms with E-state index in [0.29, 0.717) is 12.1 Å². The Hall–Kier alpha value is -2.17. The summed E-state index contributed by atoms with van der Waals surface area (Å²) in [5.41, 5.74) is 3.18. The average molecular weight is 369 g/mol. The standard InChI is InChI=1S/C22H27NO4/c24-20(17-10-9-15-5-1-2-6-16(15)11-17)14-27-22(26)18-12-21(25)23(13-18)19-7-3-4-8-19/h9-11,18-19H,1-8,12-14H2/t18-/m1/s1. The molecule has 1 aromatic rings. The fourth-order valence-corrected chi connectivity index (χ4v) is 4.70. The minimum Gasteiger partial charge on any atom is -0.457 e. The number of likely N-dealkylation sites (tertiary alicyclic amines) is 1. The molecular formula is C22H27NO4. The van der Waals surface area contributed by atoms with Crippen LogP contribution >= 0.6 is 0 Å². The molecule has 0 spiro atoms. The molecule has 5 heteroatoms. The van der Waals surface area contributed by atoms with Crippen LogP contribution in [0.4, 0.5) is 0 Å². The van der Waals surface area contributed by atoms with Gasteiger partial charge in [0.15, 0.2) is 12.4 Å².